The van der Waals surface area contributed by atoms with E-state index in [1.165, 1.54) is 55.0 Å². The molecular formula is C28H28Br2N4. The Hall–Kier alpha value is -2.70. The van der Waals surface area contributed by atoms with E-state index in [1.54, 1.807) is 0 Å². The summed E-state index contributed by atoms with van der Waals surface area (Å²) in [4.78, 5) is 7.22. The summed E-state index contributed by atoms with van der Waals surface area (Å²) in [5.41, 5.74) is 7.54. The van der Waals surface area contributed by atoms with Crippen LogP contribution in [-0.2, 0) is 13.1 Å². The molecule has 6 rings (SSSR count). The van der Waals surface area contributed by atoms with Gasteiger partial charge in [0.25, 0.3) is 0 Å². The third kappa shape index (κ3) is 4.03. The molecule has 6 aromatic rings. The zero-order chi connectivity index (χ0) is 21.7. The SMILES string of the molecule is Cc1c2[nH]c3ccccc3c2cc[n+]1CCCC[n+]1ccc2c([nH]c3ccccc32)c1C.[Br-].[Br-]. The van der Waals surface area contributed by atoms with E-state index in [0.29, 0.717) is 0 Å². The fourth-order valence-corrected chi connectivity index (χ4v) is 5.13. The first kappa shape index (κ1) is 24.4. The van der Waals surface area contributed by atoms with E-state index in [1.807, 2.05) is 0 Å². The number of hydrogen-bond acceptors (Lipinski definition) is 0. The van der Waals surface area contributed by atoms with Crippen LogP contribution in [0.2, 0.25) is 0 Å². The second-order valence-electron chi connectivity index (χ2n) is 8.81. The molecule has 0 aliphatic heterocycles. The van der Waals surface area contributed by atoms with Crippen LogP contribution in [0.3, 0.4) is 0 Å². The number of aromatic amines is 2. The normalized spacial score (nSPS) is 11.2. The number of nitrogens with zero attached hydrogens (tertiary/aromatic N) is 2. The van der Waals surface area contributed by atoms with Gasteiger partial charge in [0.05, 0.1) is 0 Å². The van der Waals surface area contributed by atoms with Crippen LogP contribution >= 0.6 is 0 Å². The van der Waals surface area contributed by atoms with Crippen LogP contribution in [-0.4, -0.2) is 9.97 Å². The maximum Gasteiger partial charge on any atom is 0.202 e. The average Bonchev–Trinajstić information content (AvgIpc) is 3.39. The van der Waals surface area contributed by atoms with Crippen molar-refractivity contribution in [2.24, 2.45) is 0 Å². The molecule has 0 unspecified atom stereocenters. The lowest BCUT2D eigenvalue weighted by molar-refractivity contribution is -0.712. The molecule has 0 atom stereocenters. The van der Waals surface area contributed by atoms with E-state index in [-0.39, 0.29) is 34.0 Å². The van der Waals surface area contributed by atoms with Gasteiger partial charge in [-0.1, -0.05) is 36.4 Å². The van der Waals surface area contributed by atoms with E-state index < -0.39 is 0 Å². The Morgan fingerprint density at radius 1 is 0.559 bits per heavy atom. The van der Waals surface area contributed by atoms with Gasteiger partial charge in [-0.2, -0.15) is 0 Å². The Kier molecular flexibility index (Phi) is 7.10. The number of para-hydroxylation sites is 2. The fraction of sp³-hybridized carbons (Fsp3) is 0.214. The highest BCUT2D eigenvalue weighted by Crippen LogP contribution is 2.26. The number of benzene rings is 2. The number of fused-ring (bicyclic) bond motifs is 6. The molecule has 0 aliphatic carbocycles. The number of hydrogen-bond donors (Lipinski definition) is 2. The lowest BCUT2D eigenvalue weighted by atomic mass is 10.1. The highest BCUT2D eigenvalue weighted by atomic mass is 79.9. The first-order valence-corrected chi connectivity index (χ1v) is 11.5. The summed E-state index contributed by atoms with van der Waals surface area (Å²) in [5, 5.41) is 5.23. The molecule has 0 amide bonds. The molecule has 6 heteroatoms. The molecule has 4 nitrogen and oxygen atoms in total. The largest absolute Gasteiger partial charge is 1.00 e. The molecule has 0 saturated carbocycles. The third-order valence-electron chi connectivity index (χ3n) is 6.97. The van der Waals surface area contributed by atoms with Gasteiger partial charge in [-0.25, -0.2) is 9.13 Å². The van der Waals surface area contributed by atoms with Crippen LogP contribution in [0.25, 0.3) is 43.6 Å². The van der Waals surface area contributed by atoms with Crippen LogP contribution in [0.15, 0.2) is 73.1 Å². The number of rotatable bonds is 5. The summed E-state index contributed by atoms with van der Waals surface area (Å²) in [6, 6.07) is 21.6. The van der Waals surface area contributed by atoms with E-state index in [0.717, 1.165) is 25.9 Å². The van der Waals surface area contributed by atoms with Gasteiger partial charge in [0.1, 0.15) is 24.1 Å². The number of halogens is 2. The summed E-state index contributed by atoms with van der Waals surface area (Å²) < 4.78 is 4.77. The Morgan fingerprint density at radius 3 is 1.41 bits per heavy atom. The standard InChI is InChI=1S/C28H26N4.2BrH/c1-19-27-23(21-9-3-5-11-25(21)29-27)13-17-31(19)15-7-8-16-32-18-14-24-22-10-4-6-12-26(22)30-28(24)20(32)2;;/h3-6,9-14,17-18H,7-8,15-16H2,1-2H3;2*1H. The number of aryl methyl sites for hydroxylation is 4. The van der Waals surface area contributed by atoms with Crippen LogP contribution < -0.4 is 43.1 Å². The van der Waals surface area contributed by atoms with Gasteiger partial charge in [0, 0.05) is 71.4 Å². The minimum Gasteiger partial charge on any atom is -1.00 e. The monoisotopic (exact) mass is 578 g/mol. The van der Waals surface area contributed by atoms with Gasteiger partial charge in [0.15, 0.2) is 12.4 Å². The zero-order valence-corrected chi connectivity index (χ0v) is 22.6. The van der Waals surface area contributed by atoms with E-state index >= 15 is 0 Å². The average molecular weight is 580 g/mol. The first-order chi connectivity index (χ1) is 15.7. The van der Waals surface area contributed by atoms with E-state index in [9.17, 15) is 0 Å². The molecule has 0 saturated heterocycles. The fourth-order valence-electron chi connectivity index (χ4n) is 5.13. The van der Waals surface area contributed by atoms with Crippen molar-refractivity contribution in [2.75, 3.05) is 0 Å². The summed E-state index contributed by atoms with van der Waals surface area (Å²) in [5.74, 6) is 0. The summed E-state index contributed by atoms with van der Waals surface area (Å²) in [6.45, 7) is 6.51. The predicted octanol–water partition coefficient (Wildman–Crippen LogP) is -0.364. The van der Waals surface area contributed by atoms with Crippen molar-refractivity contribution in [3.8, 4) is 0 Å². The lowest BCUT2D eigenvalue weighted by Gasteiger charge is -2.03. The molecule has 2 N–H and O–H groups in total. The molecule has 2 aromatic carbocycles. The van der Waals surface area contributed by atoms with Crippen LogP contribution in [0.4, 0.5) is 0 Å². The Morgan fingerprint density at radius 2 is 0.971 bits per heavy atom. The van der Waals surface area contributed by atoms with Gasteiger partial charge in [-0.15, -0.1) is 0 Å². The summed E-state index contributed by atoms with van der Waals surface area (Å²) >= 11 is 0. The van der Waals surface area contributed by atoms with Crippen molar-refractivity contribution in [1.29, 1.82) is 0 Å². The van der Waals surface area contributed by atoms with Gasteiger partial charge < -0.3 is 43.9 Å². The lowest BCUT2D eigenvalue weighted by Crippen LogP contribution is -3.00. The number of unbranched alkanes of at least 4 members (excludes halogenated alkanes) is 1. The molecule has 0 aliphatic rings. The van der Waals surface area contributed by atoms with Crippen molar-refractivity contribution in [2.45, 2.75) is 39.8 Å². The second kappa shape index (κ2) is 9.88. The smallest absolute Gasteiger partial charge is 0.202 e. The molecule has 4 heterocycles. The number of aromatic nitrogens is 4. The number of nitrogens with one attached hydrogen (secondary N) is 2. The second-order valence-corrected chi connectivity index (χ2v) is 8.81. The van der Waals surface area contributed by atoms with E-state index in [2.05, 4.69) is 106 Å². The van der Waals surface area contributed by atoms with Crippen LogP contribution in [0.5, 0.6) is 0 Å². The highest BCUT2D eigenvalue weighted by Gasteiger charge is 2.17. The quantitative estimate of drug-likeness (QED) is 0.207. The van der Waals surface area contributed by atoms with Crippen molar-refractivity contribution in [3.63, 3.8) is 0 Å². The maximum absolute atomic E-state index is 3.61. The van der Waals surface area contributed by atoms with Gasteiger partial charge in [-0.05, 0) is 12.1 Å². The molecule has 4 aromatic heterocycles. The zero-order valence-electron chi connectivity index (χ0n) is 19.4. The molecule has 34 heavy (non-hydrogen) atoms. The topological polar surface area (TPSA) is 39.3 Å². The summed E-state index contributed by atoms with van der Waals surface area (Å²) in [6.07, 6.45) is 6.78. The minimum absolute atomic E-state index is 0. The Bertz CT molecular complexity index is 1490. The first-order valence-electron chi connectivity index (χ1n) is 11.5. The van der Waals surface area contributed by atoms with Gasteiger partial charge >= 0.3 is 0 Å². The van der Waals surface area contributed by atoms with Gasteiger partial charge in [-0.3, -0.25) is 0 Å². The molecule has 0 radical (unpaired) electrons. The van der Waals surface area contributed by atoms with Crippen molar-refractivity contribution in [3.05, 3.63) is 84.4 Å². The Balaban J connectivity index is 0.00000137. The predicted molar refractivity (Wildman–Crippen MR) is 131 cm³/mol. The highest BCUT2D eigenvalue weighted by molar-refractivity contribution is 6.08. The molecule has 174 valence electrons. The van der Waals surface area contributed by atoms with Crippen LogP contribution in [0, 0.1) is 13.8 Å². The van der Waals surface area contributed by atoms with E-state index in [4.69, 9.17) is 0 Å². The molecule has 0 bridgehead atoms. The van der Waals surface area contributed by atoms with Gasteiger partial charge in [0.2, 0.25) is 11.4 Å². The maximum atomic E-state index is 3.61. The minimum atomic E-state index is 0. The summed E-state index contributed by atoms with van der Waals surface area (Å²) in [7, 11) is 0. The van der Waals surface area contributed by atoms with Crippen molar-refractivity contribution < 1.29 is 43.1 Å². The molecular weight excluding hydrogens is 552 g/mol. The number of H-pyrrole nitrogens is 2. The van der Waals surface area contributed by atoms with Crippen molar-refractivity contribution in [1.82, 2.24) is 9.97 Å². The van der Waals surface area contributed by atoms with Crippen LogP contribution in [0.1, 0.15) is 24.2 Å². The molecule has 0 fully saturated rings. The number of pyridine rings is 2. The van der Waals surface area contributed by atoms with Crippen molar-refractivity contribution >= 4 is 43.6 Å². The molecule has 0 spiro atoms. The Labute approximate surface area is 220 Å². The third-order valence-corrected chi connectivity index (χ3v) is 6.97.